The summed E-state index contributed by atoms with van der Waals surface area (Å²) in [6.07, 6.45) is -11.7. The molecule has 0 radical (unpaired) electrons. The highest BCUT2D eigenvalue weighted by Gasteiger charge is 2.71. The molecule has 0 spiro atoms. The van der Waals surface area contributed by atoms with Gasteiger partial charge in [-0.2, -0.15) is 35.0 Å². The van der Waals surface area contributed by atoms with Crippen LogP contribution in [0.15, 0.2) is 159 Å². The molecule has 0 aliphatic carbocycles. The summed E-state index contributed by atoms with van der Waals surface area (Å²) in [6.45, 7) is 20.5. The zero-order valence-corrected chi connectivity index (χ0v) is 53.3. The van der Waals surface area contributed by atoms with E-state index in [0.29, 0.717) is 71.7 Å². The number of rotatable bonds is 8. The fraction of sp³-hybridized carbons (Fsp3) is 0.444. The van der Waals surface area contributed by atoms with E-state index in [-0.39, 0.29) is 34.7 Å². The SMILES string of the molecule is CC.C[C@H]1CN(S(=O)(=O)c2ccccc2)CCN1.C[C@H]1CN(S(=O)(=O)c2ccccc2)CCN1c1ccc(C(C)(C)O)cc1.C[C@H]1CNCCN1.Cl.ClCCl.O=S(=O)(Cl)c1ccccc1.OC(c1ccc(Br)cc1)(C(F)(F)F)C(F)(F)F. The standard InChI is InChI=1S/C20H26N2O3S.C11H16N2O2S.C9H5BrF6O.C6H5ClO2S.C5H12N2.C2H6.CH2Cl2.ClH/c1-16-15-21(26(24,25)19-7-5-4-6-8-19)13-14-22(16)18-11-9-17(10-12-18)20(2,3)23;1-10-9-13(8-7-12-10)16(14,15)11-5-3-2-4-6-11;10-6-3-1-5(2-4-6)7(17,8(11,12)13)9(14,15)16;7-10(8,9)6-4-2-1-3-5-6;1-5-4-6-2-3-7-5;1-2;2-1-3;/h4-12,16,23H,13-15H2,1-3H3;2-6,10,12H,7-9H2,1H3;1-4,17H;1-5H;5-7H,2-4H2,1H3;1-2H3;1H2;1H/t16-;10-;;;5-;;;/m00..0.../s1. The smallest absolute Gasteiger partial charge is 0.386 e. The Hall–Kier alpha value is -3.31. The lowest BCUT2D eigenvalue weighted by molar-refractivity contribution is -0.376. The first-order chi connectivity index (χ1) is 37.7. The molecular formula is C54H73BrCl4F6N6O8S3. The molecule has 82 heavy (non-hydrogen) atoms. The van der Waals surface area contributed by atoms with Gasteiger partial charge in [0.2, 0.25) is 20.0 Å². The molecule has 0 bridgehead atoms. The molecular weight excluding hydrogens is 1290 g/mol. The van der Waals surface area contributed by atoms with Gasteiger partial charge in [0.15, 0.2) is 0 Å². The summed E-state index contributed by atoms with van der Waals surface area (Å²) in [7, 11) is -5.25. The molecule has 0 amide bonds. The van der Waals surface area contributed by atoms with Crippen LogP contribution in [0, 0.1) is 0 Å². The van der Waals surface area contributed by atoms with Crippen molar-refractivity contribution in [1.82, 2.24) is 24.6 Å². The molecule has 14 nitrogen and oxygen atoms in total. The normalized spacial score (nSPS) is 18.1. The Kier molecular flexibility index (Phi) is 33.1. The van der Waals surface area contributed by atoms with E-state index in [4.69, 9.17) is 39.0 Å². The second kappa shape index (κ2) is 35.4. The van der Waals surface area contributed by atoms with Crippen molar-refractivity contribution in [3.8, 4) is 0 Å². The van der Waals surface area contributed by atoms with Crippen LogP contribution >= 0.6 is 62.2 Å². The monoisotopic (exact) mass is 1360 g/mol. The number of aliphatic hydroxyl groups is 2. The number of anilines is 1. The van der Waals surface area contributed by atoms with E-state index in [0.717, 1.165) is 43.0 Å². The van der Waals surface area contributed by atoms with Gasteiger partial charge in [0.25, 0.3) is 14.7 Å². The van der Waals surface area contributed by atoms with Crippen LogP contribution in [0.4, 0.5) is 32.0 Å². The minimum Gasteiger partial charge on any atom is -0.386 e. The Balaban J connectivity index is 0.000000529. The second-order valence-corrected chi connectivity index (χ2v) is 26.6. The highest BCUT2D eigenvalue weighted by atomic mass is 79.9. The molecule has 3 fully saturated rings. The van der Waals surface area contributed by atoms with Gasteiger partial charge < -0.3 is 31.1 Å². The van der Waals surface area contributed by atoms with Gasteiger partial charge in [-0.15, -0.1) is 35.6 Å². The van der Waals surface area contributed by atoms with Gasteiger partial charge >= 0.3 is 12.4 Å². The van der Waals surface area contributed by atoms with Gasteiger partial charge in [0.1, 0.15) is 0 Å². The van der Waals surface area contributed by atoms with E-state index in [1.54, 1.807) is 89.2 Å². The quantitative estimate of drug-likeness (QED) is 0.0563. The zero-order valence-electron chi connectivity index (χ0n) is 46.2. The van der Waals surface area contributed by atoms with Crippen LogP contribution in [-0.4, -0.2) is 139 Å². The van der Waals surface area contributed by atoms with Crippen LogP contribution < -0.4 is 20.9 Å². The van der Waals surface area contributed by atoms with Gasteiger partial charge in [-0.25, -0.2) is 25.3 Å². The van der Waals surface area contributed by atoms with Gasteiger partial charge in [-0.3, -0.25) is 0 Å². The van der Waals surface area contributed by atoms with Gasteiger partial charge in [0.05, 0.1) is 25.6 Å². The summed E-state index contributed by atoms with van der Waals surface area (Å²) in [6, 6.07) is 36.9. The Morgan fingerprint density at radius 3 is 1.30 bits per heavy atom. The highest BCUT2D eigenvalue weighted by Crippen LogP contribution is 2.50. The first-order valence-electron chi connectivity index (χ1n) is 25.3. The van der Waals surface area contributed by atoms with Gasteiger partial charge in [-0.1, -0.05) is 109 Å². The molecule has 0 unspecified atom stereocenters. The molecule has 3 aliphatic heterocycles. The molecule has 3 heterocycles. The molecule has 3 aliphatic rings. The van der Waals surface area contributed by atoms with E-state index in [9.17, 15) is 56.7 Å². The predicted molar refractivity (Wildman–Crippen MR) is 321 cm³/mol. The third kappa shape index (κ3) is 23.9. The number of hydrogen-bond donors (Lipinski definition) is 5. The van der Waals surface area contributed by atoms with E-state index >= 15 is 0 Å². The summed E-state index contributed by atoms with van der Waals surface area (Å²) in [4.78, 5) is 3.07. The fourth-order valence-corrected chi connectivity index (χ4v) is 11.9. The second-order valence-electron chi connectivity index (χ2n) is 18.5. The lowest BCUT2D eigenvalue weighted by atomic mass is 9.92. The van der Waals surface area contributed by atoms with Crippen LogP contribution in [0.5, 0.6) is 0 Å². The Labute approximate surface area is 509 Å². The van der Waals surface area contributed by atoms with Crippen LogP contribution in [0.2, 0.25) is 0 Å². The number of piperazine rings is 3. The number of hydrogen-bond acceptors (Lipinski definition) is 12. The number of nitrogens with zero attached hydrogens (tertiary/aromatic N) is 3. The van der Waals surface area contributed by atoms with Crippen molar-refractivity contribution in [3.63, 3.8) is 0 Å². The number of benzene rings is 5. The summed E-state index contributed by atoms with van der Waals surface area (Å²) < 4.78 is 149. The lowest BCUT2D eigenvalue weighted by Gasteiger charge is -2.40. The summed E-state index contributed by atoms with van der Waals surface area (Å²) in [5.41, 5.74) is -5.10. The lowest BCUT2D eigenvalue weighted by Crippen LogP contribution is -2.53. The largest absolute Gasteiger partial charge is 0.430 e. The summed E-state index contributed by atoms with van der Waals surface area (Å²) >= 11 is 12.4. The van der Waals surface area contributed by atoms with Crippen molar-refractivity contribution in [2.45, 2.75) is 105 Å². The van der Waals surface area contributed by atoms with E-state index in [2.05, 4.69) is 43.7 Å². The molecule has 5 N–H and O–H groups in total. The molecule has 5 aromatic carbocycles. The van der Waals surface area contributed by atoms with Gasteiger partial charge in [0, 0.05) is 103 Å². The molecule has 3 atom stereocenters. The Bertz CT molecular complexity index is 2910. The van der Waals surface area contributed by atoms with Crippen molar-refractivity contribution < 1.29 is 61.8 Å². The third-order valence-corrected chi connectivity index (χ3v) is 17.6. The van der Waals surface area contributed by atoms with Crippen molar-refractivity contribution in [2.75, 3.05) is 69.1 Å². The average molecular weight is 1370 g/mol. The molecule has 5 aromatic rings. The van der Waals surface area contributed by atoms with E-state index in [1.165, 1.54) is 12.1 Å². The molecule has 462 valence electrons. The zero-order chi connectivity index (χ0) is 61.5. The van der Waals surface area contributed by atoms with Crippen molar-refractivity contribution in [3.05, 3.63) is 155 Å². The first kappa shape index (κ1) is 76.7. The molecule has 0 saturated carbocycles. The maximum atomic E-state index is 12.8. The van der Waals surface area contributed by atoms with E-state index in [1.807, 2.05) is 64.1 Å². The Morgan fingerprint density at radius 1 is 0.573 bits per heavy atom. The average Bonchev–Trinajstić information content (AvgIpc) is 3.42. The molecule has 28 heteroatoms. The maximum absolute atomic E-state index is 12.8. The highest BCUT2D eigenvalue weighted by molar-refractivity contribution is 9.10. The summed E-state index contributed by atoms with van der Waals surface area (Å²) in [5.74, 6) is 0. The maximum Gasteiger partial charge on any atom is 0.430 e. The number of nitrogens with one attached hydrogen (secondary N) is 3. The van der Waals surface area contributed by atoms with Gasteiger partial charge in [-0.05, 0) is 101 Å². The predicted octanol–water partition coefficient (Wildman–Crippen LogP) is 11.3. The van der Waals surface area contributed by atoms with Crippen LogP contribution in [0.3, 0.4) is 0 Å². The molecule has 8 rings (SSSR count). The fourth-order valence-electron chi connectivity index (χ4n) is 7.75. The minimum atomic E-state index is -5.85. The van der Waals surface area contributed by atoms with Crippen LogP contribution in [-0.2, 0) is 40.3 Å². The number of halogens is 11. The number of sulfonamides is 2. The van der Waals surface area contributed by atoms with Crippen molar-refractivity contribution >= 4 is 97.0 Å². The molecule has 3 saturated heterocycles. The topological polar surface area (TPSA) is 189 Å². The third-order valence-electron chi connectivity index (χ3n) is 11.9. The first-order valence-corrected chi connectivity index (χ1v) is 32.4. The minimum absolute atomic E-state index is 0. The van der Waals surface area contributed by atoms with Crippen molar-refractivity contribution in [1.29, 1.82) is 0 Å². The van der Waals surface area contributed by atoms with Crippen LogP contribution in [0.25, 0.3) is 0 Å². The summed E-state index contributed by atoms with van der Waals surface area (Å²) in [5, 5.41) is 29.1. The molecule has 0 aromatic heterocycles. The Morgan fingerprint density at radius 2 is 0.976 bits per heavy atom. The van der Waals surface area contributed by atoms with Crippen LogP contribution in [0.1, 0.15) is 59.6 Å². The number of alkyl halides is 8. The van der Waals surface area contributed by atoms with Crippen molar-refractivity contribution in [2.24, 2.45) is 0 Å². The van der Waals surface area contributed by atoms with E-state index < -0.39 is 58.2 Å².